The van der Waals surface area contributed by atoms with Crippen molar-refractivity contribution in [3.8, 4) is 0 Å². The van der Waals surface area contributed by atoms with E-state index in [9.17, 15) is 4.79 Å². The molecule has 3 heterocycles. The van der Waals surface area contributed by atoms with E-state index in [2.05, 4.69) is 30.6 Å². The van der Waals surface area contributed by atoms with Crippen molar-refractivity contribution in [2.24, 2.45) is 0 Å². The number of aromatic amines is 2. The van der Waals surface area contributed by atoms with Gasteiger partial charge < -0.3 is 10.3 Å². The van der Waals surface area contributed by atoms with Gasteiger partial charge in [-0.3, -0.25) is 0 Å². The van der Waals surface area contributed by atoms with E-state index in [4.69, 9.17) is 0 Å². The van der Waals surface area contributed by atoms with Crippen LogP contribution in [0.2, 0.25) is 0 Å². The molecule has 0 radical (unpaired) electrons. The number of hydrogen-bond acceptors (Lipinski definition) is 5. The summed E-state index contributed by atoms with van der Waals surface area (Å²) in [5.41, 5.74) is 1.07. The van der Waals surface area contributed by atoms with E-state index in [0.717, 1.165) is 5.69 Å². The summed E-state index contributed by atoms with van der Waals surface area (Å²) < 4.78 is 1.20. The Morgan fingerprint density at radius 1 is 1.41 bits per heavy atom. The molecule has 0 aliphatic rings. The highest BCUT2D eigenvalue weighted by Crippen LogP contribution is 2.04. The average Bonchev–Trinajstić information content (AvgIpc) is 2.97. The van der Waals surface area contributed by atoms with Crippen molar-refractivity contribution >= 4 is 11.5 Å². The zero-order valence-corrected chi connectivity index (χ0v) is 8.71. The molecule has 3 aromatic rings. The largest absolute Gasteiger partial charge is 0.364 e. The van der Waals surface area contributed by atoms with Crippen LogP contribution in [0.25, 0.3) is 5.65 Å². The van der Waals surface area contributed by atoms with E-state index in [1.54, 1.807) is 24.7 Å². The van der Waals surface area contributed by atoms with Crippen molar-refractivity contribution in [1.29, 1.82) is 0 Å². The van der Waals surface area contributed by atoms with Gasteiger partial charge >= 0.3 is 5.69 Å². The Bertz CT molecular complexity index is 681. The lowest BCUT2D eigenvalue weighted by Gasteiger charge is -2.02. The van der Waals surface area contributed by atoms with Crippen LogP contribution in [-0.2, 0) is 6.54 Å². The lowest BCUT2D eigenvalue weighted by molar-refractivity contribution is 0.873. The smallest absolute Gasteiger partial charge is 0.363 e. The number of aromatic nitrogens is 6. The van der Waals surface area contributed by atoms with Gasteiger partial charge in [0.15, 0.2) is 5.65 Å². The lowest BCUT2D eigenvalue weighted by Crippen LogP contribution is -2.14. The van der Waals surface area contributed by atoms with Crippen molar-refractivity contribution in [2.75, 3.05) is 5.32 Å². The van der Waals surface area contributed by atoms with Crippen LogP contribution in [0.15, 0.2) is 29.5 Å². The van der Waals surface area contributed by atoms with Gasteiger partial charge in [0.25, 0.3) is 0 Å². The first-order valence-corrected chi connectivity index (χ1v) is 4.98. The van der Waals surface area contributed by atoms with Crippen LogP contribution in [0.3, 0.4) is 0 Å². The molecular formula is C9H9N7O. The summed E-state index contributed by atoms with van der Waals surface area (Å²) in [6.07, 6.45) is 3.32. The Morgan fingerprint density at radius 3 is 3.18 bits per heavy atom. The number of nitrogens with zero attached hydrogens (tertiary/aromatic N) is 4. The number of nitrogens with one attached hydrogen (secondary N) is 3. The molecule has 17 heavy (non-hydrogen) atoms. The van der Waals surface area contributed by atoms with E-state index in [1.165, 1.54) is 4.52 Å². The molecule has 3 rings (SSSR count). The SMILES string of the molecule is O=c1[nH]nc2ccc(NCc3cnc[nH]3)nn12. The number of H-pyrrole nitrogens is 2. The topological polar surface area (TPSA) is 104 Å². The number of hydrogen-bond donors (Lipinski definition) is 3. The van der Waals surface area contributed by atoms with Crippen LogP contribution in [0, 0.1) is 0 Å². The summed E-state index contributed by atoms with van der Waals surface area (Å²) in [5.74, 6) is 0.593. The maximum atomic E-state index is 11.3. The van der Waals surface area contributed by atoms with Gasteiger partial charge in [-0.1, -0.05) is 0 Å². The van der Waals surface area contributed by atoms with Crippen LogP contribution in [0.1, 0.15) is 5.69 Å². The Hall–Kier alpha value is -2.64. The predicted octanol–water partition coefficient (Wildman–Crippen LogP) is -0.247. The highest BCUT2D eigenvalue weighted by molar-refractivity contribution is 5.42. The molecule has 3 N–H and O–H groups in total. The van der Waals surface area contributed by atoms with Crippen molar-refractivity contribution < 1.29 is 0 Å². The van der Waals surface area contributed by atoms with Crippen LogP contribution in [0.4, 0.5) is 5.82 Å². The Morgan fingerprint density at radius 2 is 2.35 bits per heavy atom. The highest BCUT2D eigenvalue weighted by Gasteiger charge is 2.02. The standard InChI is InChI=1S/C9H9N7O/c17-9-14-13-8-2-1-7(15-16(8)9)11-4-6-3-10-5-12-6/h1-3,5H,4H2,(H,10,12)(H,11,15)(H,14,17). The number of fused-ring (bicyclic) bond motifs is 1. The summed E-state index contributed by atoms with van der Waals surface area (Å²) in [6.45, 7) is 0.561. The summed E-state index contributed by atoms with van der Waals surface area (Å²) >= 11 is 0. The molecule has 3 aromatic heterocycles. The third kappa shape index (κ3) is 1.75. The molecule has 8 nitrogen and oxygen atoms in total. The highest BCUT2D eigenvalue weighted by atomic mass is 16.2. The molecule has 86 valence electrons. The van der Waals surface area contributed by atoms with Crippen LogP contribution in [0.5, 0.6) is 0 Å². The lowest BCUT2D eigenvalue weighted by atomic mass is 10.4. The van der Waals surface area contributed by atoms with Gasteiger partial charge in [-0.25, -0.2) is 14.9 Å². The van der Waals surface area contributed by atoms with E-state index in [1.807, 2.05) is 0 Å². The molecule has 0 spiro atoms. The number of anilines is 1. The van der Waals surface area contributed by atoms with Crippen LogP contribution >= 0.6 is 0 Å². The molecule has 8 heteroatoms. The molecule has 0 saturated heterocycles. The maximum Gasteiger partial charge on any atom is 0.364 e. The van der Waals surface area contributed by atoms with E-state index in [0.29, 0.717) is 18.0 Å². The zero-order chi connectivity index (χ0) is 11.7. The predicted molar refractivity (Wildman–Crippen MR) is 59.5 cm³/mol. The Balaban J connectivity index is 1.85. The molecule has 0 fully saturated rings. The second-order valence-corrected chi connectivity index (χ2v) is 3.45. The third-order valence-electron chi connectivity index (χ3n) is 2.29. The number of imidazole rings is 1. The summed E-state index contributed by atoms with van der Waals surface area (Å²) in [4.78, 5) is 18.2. The molecule has 0 amide bonds. The van der Waals surface area contributed by atoms with E-state index >= 15 is 0 Å². The van der Waals surface area contributed by atoms with E-state index < -0.39 is 0 Å². The summed E-state index contributed by atoms with van der Waals surface area (Å²) in [7, 11) is 0. The van der Waals surface area contributed by atoms with Gasteiger partial charge in [0.1, 0.15) is 5.82 Å². The fraction of sp³-hybridized carbons (Fsp3) is 0.111. The minimum absolute atomic E-state index is 0.356. The molecule has 0 aliphatic carbocycles. The van der Waals surface area contributed by atoms with Gasteiger partial charge in [-0.15, -0.1) is 5.10 Å². The van der Waals surface area contributed by atoms with Crippen LogP contribution < -0.4 is 11.0 Å². The van der Waals surface area contributed by atoms with Crippen molar-refractivity contribution in [1.82, 2.24) is 29.8 Å². The molecule has 0 saturated carbocycles. The fourth-order valence-corrected chi connectivity index (χ4v) is 1.46. The molecule has 0 bridgehead atoms. The Labute approximate surface area is 94.7 Å². The van der Waals surface area contributed by atoms with Gasteiger partial charge in [0.05, 0.1) is 18.6 Å². The Kier molecular flexibility index (Phi) is 2.11. The summed E-state index contributed by atoms with van der Waals surface area (Å²) in [5, 5.41) is 13.3. The molecule has 0 aliphatic heterocycles. The van der Waals surface area contributed by atoms with Gasteiger partial charge in [0.2, 0.25) is 0 Å². The first kappa shape index (κ1) is 9.58. The summed E-state index contributed by atoms with van der Waals surface area (Å²) in [6, 6.07) is 3.46. The number of rotatable bonds is 3. The molecular weight excluding hydrogens is 222 g/mol. The van der Waals surface area contributed by atoms with Crippen molar-refractivity contribution in [3.63, 3.8) is 0 Å². The maximum absolute atomic E-state index is 11.3. The van der Waals surface area contributed by atoms with Crippen LogP contribution in [-0.4, -0.2) is 29.8 Å². The minimum Gasteiger partial charge on any atom is -0.363 e. The zero-order valence-electron chi connectivity index (χ0n) is 8.71. The third-order valence-corrected chi connectivity index (χ3v) is 2.29. The monoisotopic (exact) mass is 231 g/mol. The molecule has 0 unspecified atom stereocenters. The molecule has 0 atom stereocenters. The molecule has 0 aromatic carbocycles. The van der Waals surface area contributed by atoms with Gasteiger partial charge in [-0.2, -0.15) is 9.61 Å². The quantitative estimate of drug-likeness (QED) is 0.576. The van der Waals surface area contributed by atoms with Crippen molar-refractivity contribution in [3.05, 3.63) is 40.8 Å². The second-order valence-electron chi connectivity index (χ2n) is 3.45. The van der Waals surface area contributed by atoms with Gasteiger partial charge in [0, 0.05) is 6.20 Å². The van der Waals surface area contributed by atoms with Crippen molar-refractivity contribution in [2.45, 2.75) is 6.54 Å². The van der Waals surface area contributed by atoms with Gasteiger partial charge in [-0.05, 0) is 12.1 Å². The minimum atomic E-state index is -0.356. The second kappa shape index (κ2) is 3.74. The average molecular weight is 231 g/mol. The van der Waals surface area contributed by atoms with E-state index in [-0.39, 0.29) is 5.69 Å². The normalized spacial score (nSPS) is 10.8. The first-order valence-electron chi connectivity index (χ1n) is 4.98. The fourth-order valence-electron chi connectivity index (χ4n) is 1.46. The first-order chi connectivity index (χ1) is 8.33.